The van der Waals surface area contributed by atoms with E-state index >= 15 is 0 Å². The number of nitrogens with one attached hydrogen (secondary N) is 1. The van der Waals surface area contributed by atoms with E-state index in [4.69, 9.17) is 4.74 Å². The van der Waals surface area contributed by atoms with Crippen LogP contribution in [-0.2, 0) is 9.53 Å². The second kappa shape index (κ2) is 7.73. The van der Waals surface area contributed by atoms with Gasteiger partial charge >= 0.3 is 5.97 Å². The molecular weight excluding hydrogens is 394 g/mol. The van der Waals surface area contributed by atoms with Crippen LogP contribution < -0.4 is 0 Å². The molecular formula is C20H17N3O3S2. The van der Waals surface area contributed by atoms with Gasteiger partial charge in [-0.1, -0.05) is 30.0 Å². The normalized spacial score (nSPS) is 12.4. The van der Waals surface area contributed by atoms with Crippen molar-refractivity contribution < 1.29 is 14.3 Å². The van der Waals surface area contributed by atoms with Gasteiger partial charge in [-0.15, -0.1) is 11.3 Å². The summed E-state index contributed by atoms with van der Waals surface area (Å²) in [6.07, 6.45) is 0.621. The van der Waals surface area contributed by atoms with Crippen LogP contribution in [-0.4, -0.2) is 38.6 Å². The lowest BCUT2D eigenvalue weighted by atomic mass is 10.0. The molecule has 0 unspecified atom stereocenters. The number of benzene rings is 1. The van der Waals surface area contributed by atoms with Crippen molar-refractivity contribution in [1.82, 2.24) is 15.0 Å². The van der Waals surface area contributed by atoms with Crippen LogP contribution in [0.25, 0.3) is 21.1 Å². The highest BCUT2D eigenvalue weighted by atomic mass is 32.2. The molecule has 0 aliphatic rings. The van der Waals surface area contributed by atoms with E-state index in [0.29, 0.717) is 5.56 Å². The van der Waals surface area contributed by atoms with E-state index in [1.807, 2.05) is 42.6 Å². The minimum absolute atomic E-state index is 0.0758. The maximum Gasteiger partial charge on any atom is 0.317 e. The molecule has 0 aliphatic heterocycles. The summed E-state index contributed by atoms with van der Waals surface area (Å²) in [6, 6.07) is 9.52. The molecule has 3 aromatic heterocycles. The van der Waals surface area contributed by atoms with E-state index < -0.39 is 12.1 Å². The number of hydrogen-bond acceptors (Lipinski definition) is 7. The average molecular weight is 412 g/mol. The van der Waals surface area contributed by atoms with Gasteiger partial charge in [-0.25, -0.2) is 9.97 Å². The molecule has 0 aliphatic carbocycles. The summed E-state index contributed by atoms with van der Waals surface area (Å²) in [5.74, 6) is -0.590. The lowest BCUT2D eigenvalue weighted by Crippen LogP contribution is -2.25. The fourth-order valence-electron chi connectivity index (χ4n) is 3.09. The molecule has 4 aromatic rings. The third kappa shape index (κ3) is 3.53. The number of carbonyl (C=O) groups excluding carboxylic acids is 2. The van der Waals surface area contributed by atoms with Gasteiger partial charge in [0.1, 0.15) is 16.2 Å². The highest BCUT2D eigenvalue weighted by Gasteiger charge is 2.24. The second-order valence-electron chi connectivity index (χ2n) is 6.27. The van der Waals surface area contributed by atoms with Gasteiger partial charge in [-0.05, 0) is 31.4 Å². The summed E-state index contributed by atoms with van der Waals surface area (Å²) in [7, 11) is 0. The van der Waals surface area contributed by atoms with Gasteiger partial charge < -0.3 is 9.72 Å². The number of ketones is 1. The van der Waals surface area contributed by atoms with Gasteiger partial charge in [0.15, 0.2) is 6.10 Å². The Kier molecular flexibility index (Phi) is 5.15. The summed E-state index contributed by atoms with van der Waals surface area (Å²) in [4.78, 5) is 37.6. The lowest BCUT2D eigenvalue weighted by Gasteiger charge is -2.12. The minimum atomic E-state index is -0.863. The molecule has 0 saturated carbocycles. The molecule has 0 bridgehead atoms. The van der Waals surface area contributed by atoms with E-state index in [1.54, 1.807) is 6.92 Å². The molecule has 8 heteroatoms. The highest BCUT2D eigenvalue weighted by Crippen LogP contribution is 2.28. The molecule has 6 nitrogen and oxygen atoms in total. The first kappa shape index (κ1) is 18.6. The van der Waals surface area contributed by atoms with Crippen molar-refractivity contribution in [1.29, 1.82) is 0 Å². The Hall–Kier alpha value is -2.71. The summed E-state index contributed by atoms with van der Waals surface area (Å²) in [5.41, 5.74) is 2.23. The number of esters is 1. The predicted octanol–water partition coefficient (Wildman–Crippen LogP) is 4.39. The van der Waals surface area contributed by atoms with E-state index in [-0.39, 0.29) is 11.5 Å². The van der Waals surface area contributed by atoms with Crippen LogP contribution in [0.5, 0.6) is 0 Å². The number of fused-ring (bicyclic) bond motifs is 2. The quantitative estimate of drug-likeness (QED) is 0.219. The third-order valence-electron chi connectivity index (χ3n) is 4.37. The van der Waals surface area contributed by atoms with Crippen LogP contribution in [0, 0.1) is 6.92 Å². The van der Waals surface area contributed by atoms with Crippen molar-refractivity contribution in [2.45, 2.75) is 25.0 Å². The number of carbonyl (C=O) groups is 2. The van der Waals surface area contributed by atoms with Crippen LogP contribution in [0.2, 0.25) is 0 Å². The van der Waals surface area contributed by atoms with Crippen LogP contribution in [0.15, 0.2) is 47.1 Å². The molecule has 4 rings (SSSR count). The Bertz CT molecular complexity index is 1180. The average Bonchev–Trinajstić information content (AvgIpc) is 3.29. The van der Waals surface area contributed by atoms with Gasteiger partial charge in [0, 0.05) is 27.5 Å². The number of aromatic nitrogens is 3. The first-order valence-electron chi connectivity index (χ1n) is 8.66. The smallest absolute Gasteiger partial charge is 0.317 e. The Morgan fingerprint density at radius 1 is 1.21 bits per heavy atom. The standard InChI is InChI=1S/C20H17N3O3S2/c1-11-17(13-5-3-4-6-15(13)23-11)18(25)12(2)26-16(24)9-28-20-14-7-8-27-19(14)21-10-22-20/h3-8,10,12,23H,9H2,1-2H3/t12-/m0/s1. The van der Waals surface area contributed by atoms with Crippen LogP contribution in [0.3, 0.4) is 0 Å². The Morgan fingerprint density at radius 3 is 2.89 bits per heavy atom. The van der Waals surface area contributed by atoms with Crippen LogP contribution in [0.1, 0.15) is 23.0 Å². The fourth-order valence-corrected chi connectivity index (χ4v) is 4.65. The molecule has 1 atom stereocenters. The van der Waals surface area contributed by atoms with Crippen molar-refractivity contribution in [3.8, 4) is 0 Å². The number of ether oxygens (including phenoxy) is 1. The molecule has 0 amide bonds. The zero-order valence-corrected chi connectivity index (χ0v) is 16.9. The van der Waals surface area contributed by atoms with Crippen molar-refractivity contribution >= 4 is 56.0 Å². The van der Waals surface area contributed by atoms with E-state index in [2.05, 4.69) is 15.0 Å². The first-order valence-corrected chi connectivity index (χ1v) is 10.5. The summed E-state index contributed by atoms with van der Waals surface area (Å²) in [6.45, 7) is 3.45. The summed E-state index contributed by atoms with van der Waals surface area (Å²) < 4.78 is 5.39. The number of thioether (sulfide) groups is 1. The zero-order valence-electron chi connectivity index (χ0n) is 15.3. The Labute approximate surface area is 169 Å². The number of aryl methyl sites for hydroxylation is 1. The SMILES string of the molecule is Cc1[nH]c2ccccc2c1C(=O)[C@H](C)OC(=O)CSc1ncnc2sccc12. The number of para-hydroxylation sites is 1. The number of nitrogens with zero attached hydrogens (tertiary/aromatic N) is 2. The van der Waals surface area contributed by atoms with Crippen molar-refractivity contribution in [3.05, 3.63) is 53.3 Å². The summed E-state index contributed by atoms with van der Waals surface area (Å²) >= 11 is 2.81. The molecule has 3 heterocycles. The summed E-state index contributed by atoms with van der Waals surface area (Å²) in [5, 5.41) is 4.42. The Morgan fingerprint density at radius 2 is 2.04 bits per heavy atom. The zero-order chi connectivity index (χ0) is 19.7. The Balaban J connectivity index is 1.43. The molecule has 0 spiro atoms. The van der Waals surface area contributed by atoms with Gasteiger partial charge in [0.05, 0.1) is 5.75 Å². The second-order valence-corrected chi connectivity index (χ2v) is 8.13. The van der Waals surface area contributed by atoms with Crippen molar-refractivity contribution in [2.24, 2.45) is 0 Å². The van der Waals surface area contributed by atoms with E-state index in [0.717, 1.165) is 31.8 Å². The number of H-pyrrole nitrogens is 1. The van der Waals surface area contributed by atoms with Gasteiger partial charge in [-0.3, -0.25) is 9.59 Å². The molecule has 142 valence electrons. The van der Waals surface area contributed by atoms with Crippen LogP contribution >= 0.6 is 23.1 Å². The molecule has 1 aromatic carbocycles. The van der Waals surface area contributed by atoms with Crippen molar-refractivity contribution in [3.63, 3.8) is 0 Å². The number of hydrogen-bond donors (Lipinski definition) is 1. The van der Waals surface area contributed by atoms with E-state index in [9.17, 15) is 9.59 Å². The minimum Gasteiger partial charge on any atom is -0.454 e. The van der Waals surface area contributed by atoms with Gasteiger partial charge in [0.25, 0.3) is 0 Å². The molecule has 0 saturated heterocycles. The maximum absolute atomic E-state index is 12.9. The van der Waals surface area contributed by atoms with Gasteiger partial charge in [-0.2, -0.15) is 0 Å². The van der Waals surface area contributed by atoms with E-state index in [1.165, 1.54) is 29.4 Å². The fraction of sp³-hybridized carbons (Fsp3) is 0.200. The largest absolute Gasteiger partial charge is 0.454 e. The number of rotatable bonds is 6. The first-order chi connectivity index (χ1) is 13.5. The third-order valence-corrected chi connectivity index (χ3v) is 6.17. The highest BCUT2D eigenvalue weighted by molar-refractivity contribution is 8.00. The molecule has 0 fully saturated rings. The molecule has 1 N–H and O–H groups in total. The number of Topliss-reactive ketones (excluding diaryl/α,β-unsaturated/α-hetero) is 1. The van der Waals surface area contributed by atoms with Crippen molar-refractivity contribution in [2.75, 3.05) is 5.75 Å². The van der Waals surface area contributed by atoms with Crippen LogP contribution in [0.4, 0.5) is 0 Å². The van der Waals surface area contributed by atoms with Gasteiger partial charge in [0.2, 0.25) is 5.78 Å². The number of aromatic amines is 1. The molecule has 28 heavy (non-hydrogen) atoms. The monoisotopic (exact) mass is 411 g/mol. The molecule has 0 radical (unpaired) electrons. The topological polar surface area (TPSA) is 84.9 Å². The lowest BCUT2D eigenvalue weighted by molar-refractivity contribution is -0.143. The maximum atomic E-state index is 12.9. The number of thiophene rings is 1. The predicted molar refractivity (Wildman–Crippen MR) is 111 cm³/mol.